The minimum atomic E-state index is -0.615. The third-order valence-electron chi connectivity index (χ3n) is 7.99. The predicted molar refractivity (Wildman–Crippen MR) is 199 cm³/mol. The maximum Gasteiger partial charge on any atom is 0.417 e. The summed E-state index contributed by atoms with van der Waals surface area (Å²) < 4.78 is 5.58. The quantitative estimate of drug-likeness (QED) is 0.0854. The predicted octanol–water partition coefficient (Wildman–Crippen LogP) is 7.93. The highest BCUT2D eigenvalue weighted by atomic mass is 35.5. The second-order valence-electron chi connectivity index (χ2n) is 11.7. The average Bonchev–Trinajstić information content (AvgIpc) is 3.06. The SMILES string of the molecule is Cc1ccc(NC(=O)Oc2ccc(N(CCCl)CCCl)cc2)cc1Nc1c2cccc(C)c2nc2c(C(=O)NCCN(C)C)cccc12. The van der Waals surface area contributed by atoms with E-state index in [4.69, 9.17) is 32.9 Å². The molecule has 250 valence electrons. The molecule has 1 aromatic heterocycles. The first-order chi connectivity index (χ1) is 23.2. The number of para-hydroxylation sites is 2. The Morgan fingerprint density at radius 1 is 0.812 bits per heavy atom. The number of hydrogen-bond acceptors (Lipinski definition) is 7. The van der Waals surface area contributed by atoms with Crippen LogP contribution >= 0.6 is 23.2 Å². The van der Waals surface area contributed by atoms with E-state index in [0.717, 1.165) is 51.0 Å². The highest BCUT2D eigenvalue weighted by molar-refractivity contribution is 6.18. The molecule has 5 aromatic rings. The van der Waals surface area contributed by atoms with Crippen LogP contribution in [-0.2, 0) is 0 Å². The van der Waals surface area contributed by atoms with Crippen LogP contribution in [0.5, 0.6) is 5.75 Å². The Hall–Kier alpha value is -4.57. The summed E-state index contributed by atoms with van der Waals surface area (Å²) in [5, 5.41) is 11.2. The van der Waals surface area contributed by atoms with E-state index >= 15 is 0 Å². The van der Waals surface area contributed by atoms with Crippen LogP contribution in [0.25, 0.3) is 21.8 Å². The van der Waals surface area contributed by atoms with Gasteiger partial charge in [-0.1, -0.05) is 36.4 Å². The Labute approximate surface area is 291 Å². The second-order valence-corrected chi connectivity index (χ2v) is 12.5. The lowest BCUT2D eigenvalue weighted by molar-refractivity contribution is 0.0952. The maximum atomic E-state index is 13.3. The smallest absolute Gasteiger partial charge is 0.410 e. The number of halogens is 2. The number of likely N-dealkylation sites (N-methyl/N-ethyl adjacent to an activating group) is 1. The molecule has 11 heteroatoms. The molecule has 0 saturated heterocycles. The van der Waals surface area contributed by atoms with Gasteiger partial charge in [-0.2, -0.15) is 0 Å². The molecule has 0 unspecified atom stereocenters. The molecule has 2 amide bonds. The molecule has 0 aliphatic rings. The molecule has 4 aromatic carbocycles. The number of pyridine rings is 1. The van der Waals surface area contributed by atoms with E-state index in [0.29, 0.717) is 53.9 Å². The van der Waals surface area contributed by atoms with Gasteiger partial charge in [0.25, 0.3) is 5.91 Å². The number of aryl methyl sites for hydroxylation is 2. The van der Waals surface area contributed by atoms with Crippen molar-refractivity contribution in [2.24, 2.45) is 0 Å². The van der Waals surface area contributed by atoms with Crippen molar-refractivity contribution in [2.45, 2.75) is 13.8 Å². The van der Waals surface area contributed by atoms with Gasteiger partial charge in [0, 0.05) is 65.8 Å². The van der Waals surface area contributed by atoms with Gasteiger partial charge in [-0.05, 0) is 81.5 Å². The molecule has 0 atom stereocenters. The van der Waals surface area contributed by atoms with Crippen LogP contribution in [-0.4, -0.2) is 73.9 Å². The molecule has 3 N–H and O–H groups in total. The molecule has 0 bridgehead atoms. The molecule has 0 spiro atoms. The van der Waals surface area contributed by atoms with Gasteiger partial charge in [0.05, 0.1) is 22.3 Å². The lowest BCUT2D eigenvalue weighted by atomic mass is 10.0. The van der Waals surface area contributed by atoms with E-state index in [1.807, 2.05) is 93.5 Å². The fourth-order valence-corrected chi connectivity index (χ4v) is 5.86. The van der Waals surface area contributed by atoms with Crippen molar-refractivity contribution in [3.63, 3.8) is 0 Å². The summed E-state index contributed by atoms with van der Waals surface area (Å²) in [6.07, 6.45) is -0.615. The molecular weight excluding hydrogens is 647 g/mol. The number of anilines is 4. The normalized spacial score (nSPS) is 11.1. The van der Waals surface area contributed by atoms with Crippen LogP contribution in [0.15, 0.2) is 78.9 Å². The van der Waals surface area contributed by atoms with E-state index < -0.39 is 6.09 Å². The van der Waals surface area contributed by atoms with Crippen LogP contribution in [0.2, 0.25) is 0 Å². The fraction of sp³-hybridized carbons (Fsp3) is 0.270. The second kappa shape index (κ2) is 16.0. The monoisotopic (exact) mass is 686 g/mol. The Morgan fingerprint density at radius 2 is 1.50 bits per heavy atom. The molecule has 0 saturated carbocycles. The van der Waals surface area contributed by atoms with Crippen molar-refractivity contribution >= 4 is 79.8 Å². The number of hydrogen-bond donors (Lipinski definition) is 3. The van der Waals surface area contributed by atoms with Crippen LogP contribution in [0.4, 0.5) is 27.5 Å². The minimum absolute atomic E-state index is 0.174. The van der Waals surface area contributed by atoms with Crippen LogP contribution in [0.3, 0.4) is 0 Å². The van der Waals surface area contributed by atoms with Crippen molar-refractivity contribution in [1.29, 1.82) is 0 Å². The van der Waals surface area contributed by atoms with E-state index in [2.05, 4.69) is 20.9 Å². The summed E-state index contributed by atoms with van der Waals surface area (Å²) in [5.41, 5.74) is 6.99. The molecule has 0 fully saturated rings. The first-order valence-electron chi connectivity index (χ1n) is 15.8. The van der Waals surface area contributed by atoms with E-state index in [1.165, 1.54) is 0 Å². The summed E-state index contributed by atoms with van der Waals surface area (Å²) in [7, 11) is 3.93. The number of nitrogens with one attached hydrogen (secondary N) is 3. The number of benzene rings is 4. The van der Waals surface area contributed by atoms with Gasteiger partial charge in [-0.15, -0.1) is 23.2 Å². The number of fused-ring (bicyclic) bond motifs is 2. The summed E-state index contributed by atoms with van der Waals surface area (Å²) in [6, 6.07) is 24.5. The first kappa shape index (κ1) is 34.8. The number of amides is 2. The van der Waals surface area contributed by atoms with E-state index in [9.17, 15) is 9.59 Å². The maximum absolute atomic E-state index is 13.3. The molecule has 0 radical (unpaired) electrons. The van der Waals surface area contributed by atoms with Gasteiger partial charge in [-0.3, -0.25) is 10.1 Å². The topological polar surface area (TPSA) is 98.8 Å². The summed E-state index contributed by atoms with van der Waals surface area (Å²) in [6.45, 7) is 6.58. The third kappa shape index (κ3) is 8.28. The van der Waals surface area contributed by atoms with Crippen molar-refractivity contribution in [3.05, 3.63) is 95.6 Å². The lowest BCUT2D eigenvalue weighted by Gasteiger charge is -2.22. The van der Waals surface area contributed by atoms with E-state index in [1.54, 1.807) is 18.2 Å². The zero-order chi connectivity index (χ0) is 34.2. The van der Waals surface area contributed by atoms with Gasteiger partial charge in [0.2, 0.25) is 0 Å². The molecular formula is C37H40Cl2N6O3. The van der Waals surface area contributed by atoms with Crippen molar-refractivity contribution in [2.75, 3.05) is 67.6 Å². The number of carbonyl (C=O) groups is 2. The summed E-state index contributed by atoms with van der Waals surface area (Å²) in [5.74, 6) is 1.19. The number of nitrogens with zero attached hydrogens (tertiary/aromatic N) is 3. The van der Waals surface area contributed by atoms with Crippen LogP contribution in [0, 0.1) is 13.8 Å². The number of ether oxygens (including phenoxy) is 1. The molecule has 1 heterocycles. The lowest BCUT2D eigenvalue weighted by Crippen LogP contribution is -2.31. The molecule has 9 nitrogen and oxygen atoms in total. The molecule has 5 rings (SSSR count). The number of rotatable bonds is 13. The van der Waals surface area contributed by atoms with E-state index in [-0.39, 0.29) is 5.91 Å². The van der Waals surface area contributed by atoms with Crippen molar-refractivity contribution in [3.8, 4) is 5.75 Å². The van der Waals surface area contributed by atoms with Gasteiger partial charge in [0.1, 0.15) is 5.75 Å². The van der Waals surface area contributed by atoms with Gasteiger partial charge >= 0.3 is 6.09 Å². The Bertz CT molecular complexity index is 1910. The fourth-order valence-electron chi connectivity index (χ4n) is 5.46. The highest BCUT2D eigenvalue weighted by Gasteiger charge is 2.18. The summed E-state index contributed by atoms with van der Waals surface area (Å²) >= 11 is 11.9. The van der Waals surface area contributed by atoms with Crippen LogP contribution < -0.4 is 25.6 Å². The zero-order valence-corrected chi connectivity index (χ0v) is 29.1. The van der Waals surface area contributed by atoms with Crippen molar-refractivity contribution in [1.82, 2.24) is 15.2 Å². The standard InChI is InChI=1S/C37H40Cl2N6O3/c1-24-11-12-26(41-37(47)48-28-15-13-27(14-16-28)45(20-17-38)21-18-39)23-32(24)42-34-29-8-5-7-25(2)33(29)43-35-30(34)9-6-10-31(35)36(46)40-19-22-44(3)4/h5-16,23H,17-22H2,1-4H3,(H,40,46)(H,41,47)(H,42,43). The Morgan fingerprint density at radius 3 is 2.19 bits per heavy atom. The van der Waals surface area contributed by atoms with Gasteiger partial charge in [0.15, 0.2) is 0 Å². The third-order valence-corrected chi connectivity index (χ3v) is 8.33. The number of aromatic nitrogens is 1. The van der Waals surface area contributed by atoms with Gasteiger partial charge in [-0.25, -0.2) is 9.78 Å². The largest absolute Gasteiger partial charge is 0.417 e. The highest BCUT2D eigenvalue weighted by Crippen LogP contribution is 2.37. The molecule has 0 aliphatic heterocycles. The number of alkyl halides is 2. The zero-order valence-electron chi connectivity index (χ0n) is 27.6. The Kier molecular flexibility index (Phi) is 11.6. The molecule has 48 heavy (non-hydrogen) atoms. The van der Waals surface area contributed by atoms with Gasteiger partial charge < -0.3 is 25.2 Å². The molecule has 0 aliphatic carbocycles. The van der Waals surface area contributed by atoms with Crippen LogP contribution in [0.1, 0.15) is 21.5 Å². The Balaban J connectivity index is 1.41. The summed E-state index contributed by atoms with van der Waals surface area (Å²) in [4.78, 5) is 35.3. The first-order valence-corrected chi connectivity index (χ1v) is 16.8. The van der Waals surface area contributed by atoms with Crippen molar-refractivity contribution < 1.29 is 14.3 Å². The number of carbonyl (C=O) groups excluding carboxylic acids is 2. The average molecular weight is 688 g/mol. The minimum Gasteiger partial charge on any atom is -0.410 e.